The normalized spacial score (nSPS) is 40.5. The standard InChI is InChI=1S/C13H24O/c1-11(2,3)14-13-8-6-10(7-9-13)12(13,4)5/h10H,6-9H2,1-5H3. The number of hydrogen-bond acceptors (Lipinski definition) is 1. The minimum absolute atomic E-state index is 0.0104. The van der Waals surface area contributed by atoms with E-state index in [1.54, 1.807) is 0 Å². The first-order chi connectivity index (χ1) is 6.27. The summed E-state index contributed by atoms with van der Waals surface area (Å²) < 4.78 is 6.39. The van der Waals surface area contributed by atoms with E-state index in [-0.39, 0.29) is 11.2 Å². The van der Waals surface area contributed by atoms with E-state index in [1.165, 1.54) is 25.7 Å². The van der Waals surface area contributed by atoms with E-state index in [0.717, 1.165) is 5.92 Å². The second kappa shape index (κ2) is 2.75. The summed E-state index contributed by atoms with van der Waals surface area (Å²) in [5, 5.41) is 0. The molecule has 0 unspecified atom stereocenters. The molecule has 0 aromatic heterocycles. The summed E-state index contributed by atoms with van der Waals surface area (Å²) >= 11 is 0. The number of hydrogen-bond donors (Lipinski definition) is 0. The van der Waals surface area contributed by atoms with Crippen LogP contribution in [0.25, 0.3) is 0 Å². The Labute approximate surface area is 88.2 Å². The van der Waals surface area contributed by atoms with Gasteiger partial charge in [0, 0.05) is 0 Å². The molecule has 1 heteroatoms. The second-order valence-corrected chi connectivity index (χ2v) is 6.70. The highest BCUT2D eigenvalue weighted by molar-refractivity contribution is 5.11. The van der Waals surface area contributed by atoms with Gasteiger partial charge >= 0.3 is 0 Å². The molecule has 0 saturated heterocycles. The van der Waals surface area contributed by atoms with Gasteiger partial charge in [0.1, 0.15) is 0 Å². The van der Waals surface area contributed by atoms with Crippen molar-refractivity contribution in [1.82, 2.24) is 0 Å². The molecule has 0 spiro atoms. The maximum atomic E-state index is 6.39. The maximum Gasteiger partial charge on any atom is 0.0743 e. The Morgan fingerprint density at radius 2 is 1.57 bits per heavy atom. The predicted octanol–water partition coefficient (Wildman–Crippen LogP) is 3.77. The van der Waals surface area contributed by atoms with Crippen molar-refractivity contribution in [3.05, 3.63) is 0 Å². The largest absolute Gasteiger partial charge is 0.369 e. The summed E-state index contributed by atoms with van der Waals surface area (Å²) in [5.41, 5.74) is 0.604. The Bertz CT molecular complexity index is 226. The molecule has 1 nitrogen and oxygen atoms in total. The van der Waals surface area contributed by atoms with Gasteiger partial charge in [-0.2, -0.15) is 0 Å². The van der Waals surface area contributed by atoms with Crippen molar-refractivity contribution in [2.75, 3.05) is 0 Å². The third-order valence-electron chi connectivity index (χ3n) is 4.49. The first-order valence-corrected chi connectivity index (χ1v) is 5.97. The van der Waals surface area contributed by atoms with Crippen LogP contribution >= 0.6 is 0 Å². The van der Waals surface area contributed by atoms with Crippen LogP contribution in [0.4, 0.5) is 0 Å². The summed E-state index contributed by atoms with van der Waals surface area (Å²) in [6, 6.07) is 0. The van der Waals surface area contributed by atoms with Gasteiger partial charge in [-0.05, 0) is 57.8 Å². The lowest BCUT2D eigenvalue weighted by atomic mass is 9.78. The molecule has 0 atom stereocenters. The van der Waals surface area contributed by atoms with Crippen LogP contribution in [0.15, 0.2) is 0 Å². The molecule has 82 valence electrons. The Morgan fingerprint density at radius 3 is 1.86 bits per heavy atom. The second-order valence-electron chi connectivity index (χ2n) is 6.70. The van der Waals surface area contributed by atoms with Crippen molar-refractivity contribution < 1.29 is 4.74 Å². The lowest BCUT2D eigenvalue weighted by molar-refractivity contribution is -0.167. The summed E-state index contributed by atoms with van der Waals surface area (Å²) in [4.78, 5) is 0. The van der Waals surface area contributed by atoms with Gasteiger partial charge in [-0.1, -0.05) is 13.8 Å². The highest BCUT2D eigenvalue weighted by atomic mass is 16.5. The third-order valence-corrected chi connectivity index (χ3v) is 4.49. The van der Waals surface area contributed by atoms with E-state index in [4.69, 9.17) is 4.74 Å². The topological polar surface area (TPSA) is 9.23 Å². The minimum atomic E-state index is 0.0104. The van der Waals surface area contributed by atoms with Crippen molar-refractivity contribution in [2.45, 2.75) is 71.5 Å². The zero-order chi connectivity index (χ0) is 10.6. The van der Waals surface area contributed by atoms with Crippen LogP contribution in [0, 0.1) is 11.3 Å². The highest BCUT2D eigenvalue weighted by Gasteiger charge is 2.60. The third kappa shape index (κ3) is 1.32. The molecular weight excluding hydrogens is 172 g/mol. The fraction of sp³-hybridized carbons (Fsp3) is 1.00. The summed E-state index contributed by atoms with van der Waals surface area (Å²) in [6.45, 7) is 11.4. The van der Waals surface area contributed by atoms with Gasteiger partial charge in [-0.15, -0.1) is 0 Å². The Hall–Kier alpha value is -0.0400. The van der Waals surface area contributed by atoms with Crippen molar-refractivity contribution >= 4 is 0 Å². The monoisotopic (exact) mass is 196 g/mol. The maximum absolute atomic E-state index is 6.39. The van der Waals surface area contributed by atoms with Crippen LogP contribution in [-0.2, 0) is 4.74 Å². The van der Waals surface area contributed by atoms with Crippen LogP contribution in [-0.4, -0.2) is 11.2 Å². The molecule has 0 radical (unpaired) electrons. The molecule has 2 fully saturated rings. The van der Waals surface area contributed by atoms with Crippen LogP contribution in [0.2, 0.25) is 0 Å². The van der Waals surface area contributed by atoms with Crippen LogP contribution in [0.3, 0.4) is 0 Å². The molecule has 14 heavy (non-hydrogen) atoms. The Balaban J connectivity index is 2.23. The highest BCUT2D eigenvalue weighted by Crippen LogP contribution is 2.62. The molecule has 2 bridgehead atoms. The molecule has 0 amide bonds. The van der Waals surface area contributed by atoms with Gasteiger partial charge in [0.15, 0.2) is 0 Å². The quantitative estimate of drug-likeness (QED) is 0.620. The Kier molecular flexibility index (Phi) is 2.06. The molecule has 2 aliphatic carbocycles. The Morgan fingerprint density at radius 1 is 1.07 bits per heavy atom. The van der Waals surface area contributed by atoms with E-state index in [0.29, 0.717) is 5.41 Å². The van der Waals surface area contributed by atoms with Gasteiger partial charge in [0.2, 0.25) is 0 Å². The summed E-state index contributed by atoms with van der Waals surface area (Å²) in [7, 11) is 0. The number of rotatable bonds is 1. The van der Waals surface area contributed by atoms with Crippen LogP contribution in [0.5, 0.6) is 0 Å². The molecule has 2 saturated carbocycles. The van der Waals surface area contributed by atoms with E-state index in [1.807, 2.05) is 0 Å². The number of fused-ring (bicyclic) bond motifs is 2. The number of ether oxygens (including phenoxy) is 1. The van der Waals surface area contributed by atoms with Crippen molar-refractivity contribution in [3.63, 3.8) is 0 Å². The van der Waals surface area contributed by atoms with Gasteiger partial charge in [0.05, 0.1) is 11.2 Å². The van der Waals surface area contributed by atoms with Crippen molar-refractivity contribution in [3.8, 4) is 0 Å². The molecule has 2 aliphatic rings. The lowest BCUT2D eigenvalue weighted by Crippen LogP contribution is -2.45. The zero-order valence-corrected chi connectivity index (χ0v) is 10.3. The van der Waals surface area contributed by atoms with E-state index in [9.17, 15) is 0 Å². The van der Waals surface area contributed by atoms with Crippen LogP contribution in [0.1, 0.15) is 60.3 Å². The van der Waals surface area contributed by atoms with Crippen molar-refractivity contribution in [1.29, 1.82) is 0 Å². The fourth-order valence-corrected chi connectivity index (χ4v) is 3.64. The molecule has 0 aromatic carbocycles. The van der Waals surface area contributed by atoms with Gasteiger partial charge in [-0.3, -0.25) is 0 Å². The van der Waals surface area contributed by atoms with E-state index < -0.39 is 0 Å². The van der Waals surface area contributed by atoms with Gasteiger partial charge in [-0.25, -0.2) is 0 Å². The smallest absolute Gasteiger partial charge is 0.0743 e. The van der Waals surface area contributed by atoms with E-state index in [2.05, 4.69) is 34.6 Å². The van der Waals surface area contributed by atoms with Crippen LogP contribution < -0.4 is 0 Å². The minimum Gasteiger partial charge on any atom is -0.369 e. The molecule has 0 heterocycles. The fourth-order valence-electron chi connectivity index (χ4n) is 3.64. The molecule has 2 rings (SSSR count). The average Bonchev–Trinajstić information content (AvgIpc) is 2.34. The van der Waals surface area contributed by atoms with Gasteiger partial charge < -0.3 is 4.74 Å². The molecule has 0 N–H and O–H groups in total. The van der Waals surface area contributed by atoms with Gasteiger partial charge in [0.25, 0.3) is 0 Å². The zero-order valence-electron chi connectivity index (χ0n) is 10.3. The molecule has 0 aliphatic heterocycles. The van der Waals surface area contributed by atoms with E-state index >= 15 is 0 Å². The first kappa shape index (κ1) is 10.5. The lowest BCUT2D eigenvalue weighted by Gasteiger charge is -2.43. The average molecular weight is 196 g/mol. The molecule has 0 aromatic rings. The first-order valence-electron chi connectivity index (χ1n) is 5.97. The predicted molar refractivity (Wildman–Crippen MR) is 59.3 cm³/mol. The van der Waals surface area contributed by atoms with Crippen molar-refractivity contribution in [2.24, 2.45) is 11.3 Å². The summed E-state index contributed by atoms with van der Waals surface area (Å²) in [6.07, 6.45) is 5.32. The summed E-state index contributed by atoms with van der Waals surface area (Å²) in [5.74, 6) is 0.907. The molecular formula is C13H24O. The SMILES string of the molecule is CC(C)(C)OC12CCC(CC1)C2(C)C.